The van der Waals surface area contributed by atoms with Gasteiger partial charge in [0.1, 0.15) is 0 Å². The molecule has 0 saturated heterocycles. The van der Waals surface area contributed by atoms with Gasteiger partial charge in [0.15, 0.2) is 0 Å². The van der Waals surface area contributed by atoms with Crippen LogP contribution in [0.25, 0.3) is 9.40 Å². The van der Waals surface area contributed by atoms with Crippen molar-refractivity contribution in [1.82, 2.24) is 5.32 Å². The first-order valence-corrected chi connectivity index (χ1v) is 8.96. The molecule has 1 N–H and O–H groups in total. The molecule has 0 aliphatic rings. The smallest absolute Gasteiger partial charge is 0.0888 e. The predicted molar refractivity (Wildman–Crippen MR) is 87.6 cm³/mol. The van der Waals surface area contributed by atoms with Gasteiger partial charge < -0.3 is 5.32 Å². The summed E-state index contributed by atoms with van der Waals surface area (Å²) in [4.78, 5) is 2.58. The molecular formula is C12H9BrClNS3. The quantitative estimate of drug-likeness (QED) is 0.612. The van der Waals surface area contributed by atoms with E-state index in [9.17, 15) is 0 Å². The van der Waals surface area contributed by atoms with Crippen LogP contribution in [0, 0.1) is 0 Å². The van der Waals surface area contributed by atoms with Gasteiger partial charge >= 0.3 is 0 Å². The molecule has 94 valence electrons. The highest BCUT2D eigenvalue weighted by molar-refractivity contribution is 9.11. The van der Waals surface area contributed by atoms with Crippen LogP contribution in [-0.2, 0) is 0 Å². The number of hydrogen-bond donors (Lipinski definition) is 1. The summed E-state index contributed by atoms with van der Waals surface area (Å²) in [5, 5.41) is 6.29. The number of halogens is 2. The Morgan fingerprint density at radius 2 is 2.00 bits per heavy atom. The average Bonchev–Trinajstić information content (AvgIpc) is 2.96. The fourth-order valence-corrected chi connectivity index (χ4v) is 6.06. The fraction of sp³-hybridized carbons (Fsp3) is 0.167. The predicted octanol–water partition coefficient (Wildman–Crippen LogP) is 5.75. The van der Waals surface area contributed by atoms with Gasteiger partial charge in [-0.2, -0.15) is 0 Å². The molecule has 0 aromatic carbocycles. The molecule has 0 amide bonds. The van der Waals surface area contributed by atoms with E-state index in [0.29, 0.717) is 0 Å². The monoisotopic (exact) mass is 377 g/mol. The van der Waals surface area contributed by atoms with Crippen LogP contribution in [0.3, 0.4) is 0 Å². The third-order valence-corrected chi connectivity index (χ3v) is 7.38. The minimum absolute atomic E-state index is 0.225. The van der Waals surface area contributed by atoms with E-state index in [0.717, 1.165) is 8.81 Å². The van der Waals surface area contributed by atoms with Crippen molar-refractivity contribution >= 4 is 70.9 Å². The largest absolute Gasteiger partial charge is 0.308 e. The molecule has 0 aliphatic carbocycles. The van der Waals surface area contributed by atoms with E-state index < -0.39 is 0 Å². The Hall–Kier alpha value is 0.0900. The molecule has 1 atom stereocenters. The van der Waals surface area contributed by atoms with Crippen molar-refractivity contribution in [3.05, 3.63) is 42.1 Å². The summed E-state index contributed by atoms with van der Waals surface area (Å²) in [6.45, 7) is 0. The molecule has 18 heavy (non-hydrogen) atoms. The number of rotatable bonds is 3. The average molecular weight is 379 g/mol. The lowest BCUT2D eigenvalue weighted by Gasteiger charge is -2.11. The number of hydrogen-bond acceptors (Lipinski definition) is 4. The Morgan fingerprint density at radius 3 is 2.61 bits per heavy atom. The summed E-state index contributed by atoms with van der Waals surface area (Å²) in [7, 11) is 1.99. The van der Waals surface area contributed by atoms with E-state index in [1.807, 2.05) is 24.5 Å². The van der Waals surface area contributed by atoms with Crippen molar-refractivity contribution in [3.63, 3.8) is 0 Å². The molecule has 3 rings (SSSR count). The Bertz CT molecular complexity index is 636. The van der Waals surface area contributed by atoms with Crippen molar-refractivity contribution < 1.29 is 0 Å². The van der Waals surface area contributed by atoms with Crippen LogP contribution in [0.1, 0.15) is 15.8 Å². The summed E-state index contributed by atoms with van der Waals surface area (Å²) >= 11 is 14.9. The maximum absolute atomic E-state index is 6.12. The van der Waals surface area contributed by atoms with Gasteiger partial charge in [0, 0.05) is 19.2 Å². The molecule has 0 saturated carbocycles. The standard InChI is InChI=1S/C12H9BrClNS3/c1-15-11(9-4-6(14)12(13)18-9)10-5-8-7(17-10)2-3-16-8/h2-5,11,15H,1H3. The van der Waals surface area contributed by atoms with Crippen molar-refractivity contribution in [3.8, 4) is 0 Å². The minimum Gasteiger partial charge on any atom is -0.308 e. The second-order valence-corrected chi connectivity index (χ2v) is 8.66. The number of fused-ring (bicyclic) bond motifs is 1. The molecule has 1 unspecified atom stereocenters. The van der Waals surface area contributed by atoms with E-state index in [1.165, 1.54) is 19.2 Å². The molecule has 0 bridgehead atoms. The lowest BCUT2D eigenvalue weighted by Crippen LogP contribution is -2.14. The second kappa shape index (κ2) is 5.23. The summed E-state index contributed by atoms with van der Waals surface area (Å²) in [6, 6.07) is 6.71. The van der Waals surface area contributed by atoms with Gasteiger partial charge in [-0.05, 0) is 46.6 Å². The van der Waals surface area contributed by atoms with Crippen LogP contribution in [0.4, 0.5) is 0 Å². The topological polar surface area (TPSA) is 12.0 Å². The zero-order chi connectivity index (χ0) is 12.7. The molecule has 0 fully saturated rings. The first-order valence-electron chi connectivity index (χ1n) is 5.28. The Labute approximate surface area is 131 Å². The summed E-state index contributed by atoms with van der Waals surface area (Å²) in [5.41, 5.74) is 0. The molecular weight excluding hydrogens is 370 g/mol. The van der Waals surface area contributed by atoms with Gasteiger partial charge in [-0.25, -0.2) is 0 Å². The van der Waals surface area contributed by atoms with E-state index in [1.54, 1.807) is 22.7 Å². The molecule has 1 nitrogen and oxygen atoms in total. The van der Waals surface area contributed by atoms with Crippen LogP contribution in [-0.4, -0.2) is 7.05 Å². The third kappa shape index (κ3) is 2.28. The minimum atomic E-state index is 0.225. The van der Waals surface area contributed by atoms with Crippen molar-refractivity contribution in [1.29, 1.82) is 0 Å². The van der Waals surface area contributed by atoms with E-state index >= 15 is 0 Å². The van der Waals surface area contributed by atoms with Gasteiger partial charge in [-0.3, -0.25) is 0 Å². The first kappa shape index (κ1) is 13.1. The SMILES string of the molecule is CNC(c1cc(Cl)c(Br)s1)c1cc2sccc2s1. The maximum atomic E-state index is 6.12. The van der Waals surface area contributed by atoms with Gasteiger partial charge in [0.2, 0.25) is 0 Å². The van der Waals surface area contributed by atoms with Crippen molar-refractivity contribution in [2.24, 2.45) is 0 Å². The van der Waals surface area contributed by atoms with Crippen molar-refractivity contribution in [2.75, 3.05) is 7.05 Å². The van der Waals surface area contributed by atoms with Gasteiger partial charge in [-0.1, -0.05) is 11.6 Å². The van der Waals surface area contributed by atoms with Crippen LogP contribution >= 0.6 is 61.5 Å². The Morgan fingerprint density at radius 1 is 1.22 bits per heavy atom. The normalized spacial score (nSPS) is 13.3. The van der Waals surface area contributed by atoms with Gasteiger partial charge in [0.05, 0.1) is 14.9 Å². The summed E-state index contributed by atoms with van der Waals surface area (Å²) < 4.78 is 3.71. The molecule has 0 aliphatic heterocycles. The first-order chi connectivity index (χ1) is 8.69. The Balaban J connectivity index is 2.03. The highest BCUT2D eigenvalue weighted by atomic mass is 79.9. The molecule has 3 aromatic rings. The highest BCUT2D eigenvalue weighted by Gasteiger charge is 2.18. The van der Waals surface area contributed by atoms with Gasteiger partial charge in [-0.15, -0.1) is 34.0 Å². The van der Waals surface area contributed by atoms with Crippen LogP contribution < -0.4 is 5.32 Å². The van der Waals surface area contributed by atoms with E-state index in [2.05, 4.69) is 38.8 Å². The van der Waals surface area contributed by atoms with Gasteiger partial charge in [0.25, 0.3) is 0 Å². The maximum Gasteiger partial charge on any atom is 0.0888 e. The summed E-state index contributed by atoms with van der Waals surface area (Å²) in [6.07, 6.45) is 0. The number of thiophene rings is 3. The fourth-order valence-electron chi connectivity index (χ4n) is 1.86. The molecule has 3 heterocycles. The van der Waals surface area contributed by atoms with E-state index in [4.69, 9.17) is 11.6 Å². The lowest BCUT2D eigenvalue weighted by molar-refractivity contribution is 0.717. The van der Waals surface area contributed by atoms with Crippen LogP contribution in [0.2, 0.25) is 5.02 Å². The van der Waals surface area contributed by atoms with Crippen LogP contribution in [0.15, 0.2) is 27.4 Å². The van der Waals surface area contributed by atoms with Crippen molar-refractivity contribution in [2.45, 2.75) is 6.04 Å². The molecule has 6 heteroatoms. The molecule has 0 radical (unpaired) electrons. The number of nitrogens with one attached hydrogen (secondary N) is 1. The van der Waals surface area contributed by atoms with E-state index in [-0.39, 0.29) is 6.04 Å². The summed E-state index contributed by atoms with van der Waals surface area (Å²) in [5.74, 6) is 0. The zero-order valence-corrected chi connectivity index (χ0v) is 14.2. The third-order valence-electron chi connectivity index (χ3n) is 2.68. The molecule has 3 aromatic heterocycles. The lowest BCUT2D eigenvalue weighted by atomic mass is 10.2. The Kier molecular flexibility index (Phi) is 3.80. The second-order valence-electron chi connectivity index (χ2n) is 3.79. The zero-order valence-electron chi connectivity index (χ0n) is 9.37. The highest BCUT2D eigenvalue weighted by Crippen LogP contribution is 2.41. The molecule has 0 spiro atoms. The van der Waals surface area contributed by atoms with Crippen LogP contribution in [0.5, 0.6) is 0 Å².